The molecule has 0 bridgehead atoms. The lowest BCUT2D eigenvalue weighted by Crippen LogP contribution is -2.37. The molecule has 1 aromatic heterocycles. The van der Waals surface area contributed by atoms with Gasteiger partial charge in [0.15, 0.2) is 0 Å². The fourth-order valence-electron chi connectivity index (χ4n) is 1.22. The van der Waals surface area contributed by atoms with Gasteiger partial charge in [-0.1, -0.05) is 0 Å². The minimum atomic E-state index is -0.153. The van der Waals surface area contributed by atoms with Gasteiger partial charge in [0.2, 0.25) is 0 Å². The molecule has 1 aromatic rings. The van der Waals surface area contributed by atoms with Crippen molar-refractivity contribution in [3.63, 3.8) is 0 Å². The number of carbonyl (C=O) groups is 1. The molecule has 4 nitrogen and oxygen atoms in total. The summed E-state index contributed by atoms with van der Waals surface area (Å²) in [4.78, 5) is 17.3. The maximum absolute atomic E-state index is 11.9. The fourth-order valence-corrected chi connectivity index (χ4v) is 1.22. The van der Waals surface area contributed by atoms with Gasteiger partial charge < -0.3 is 4.90 Å². The van der Waals surface area contributed by atoms with Crippen molar-refractivity contribution in [3.05, 3.63) is 30.1 Å². The largest absolute Gasteiger partial charge is 0.323 e. The highest BCUT2D eigenvalue weighted by Gasteiger charge is 2.17. The van der Waals surface area contributed by atoms with Crippen LogP contribution in [0.4, 0.5) is 0 Å². The molecule has 0 spiro atoms. The van der Waals surface area contributed by atoms with Gasteiger partial charge >= 0.3 is 0 Å². The second-order valence-corrected chi connectivity index (χ2v) is 3.43. The van der Waals surface area contributed by atoms with Crippen molar-refractivity contribution in [2.24, 2.45) is 0 Å². The quantitative estimate of drug-likeness (QED) is 0.699. The van der Waals surface area contributed by atoms with E-state index in [2.05, 4.69) is 4.98 Å². The predicted octanol–water partition coefficient (Wildman–Crippen LogP) is 1.46. The van der Waals surface area contributed by atoms with Gasteiger partial charge in [0, 0.05) is 18.4 Å². The van der Waals surface area contributed by atoms with Crippen LogP contribution < -0.4 is 0 Å². The number of rotatable bonds is 3. The number of pyridine rings is 1. The molecule has 1 heterocycles. The Bertz CT molecular complexity index is 367. The molecule has 1 rings (SSSR count). The van der Waals surface area contributed by atoms with Crippen LogP contribution >= 0.6 is 0 Å². The van der Waals surface area contributed by atoms with Gasteiger partial charge in [0.1, 0.15) is 6.54 Å². The molecule has 0 aliphatic heterocycles. The monoisotopic (exact) mass is 203 g/mol. The maximum atomic E-state index is 11.9. The Morgan fingerprint density at radius 2 is 2.40 bits per heavy atom. The number of hydrogen-bond donors (Lipinski definition) is 0. The number of nitrogens with zero attached hydrogens (tertiary/aromatic N) is 3. The lowest BCUT2D eigenvalue weighted by Gasteiger charge is -2.23. The lowest BCUT2D eigenvalue weighted by atomic mass is 10.2. The molecule has 0 fully saturated rings. The molecular weight excluding hydrogens is 190 g/mol. The Labute approximate surface area is 89.2 Å². The van der Waals surface area contributed by atoms with Gasteiger partial charge in [-0.05, 0) is 26.0 Å². The number of aromatic nitrogens is 1. The third kappa shape index (κ3) is 2.78. The van der Waals surface area contributed by atoms with Crippen molar-refractivity contribution in [2.75, 3.05) is 6.54 Å². The normalized spacial score (nSPS) is 9.73. The molecule has 0 aliphatic rings. The Morgan fingerprint density at radius 3 is 2.87 bits per heavy atom. The molecule has 0 saturated carbocycles. The Hall–Kier alpha value is -1.89. The molecule has 0 saturated heterocycles. The van der Waals surface area contributed by atoms with E-state index in [0.717, 1.165) is 0 Å². The van der Waals surface area contributed by atoms with Crippen molar-refractivity contribution in [2.45, 2.75) is 19.9 Å². The van der Waals surface area contributed by atoms with Crippen LogP contribution in [0.3, 0.4) is 0 Å². The van der Waals surface area contributed by atoms with Crippen molar-refractivity contribution in [3.8, 4) is 6.07 Å². The number of amides is 1. The molecule has 0 radical (unpaired) electrons. The van der Waals surface area contributed by atoms with Crippen LogP contribution in [-0.2, 0) is 0 Å². The van der Waals surface area contributed by atoms with Crippen LogP contribution in [0.15, 0.2) is 24.5 Å². The zero-order chi connectivity index (χ0) is 11.3. The SMILES string of the molecule is CC(C)N(CC#N)C(=O)c1cccnc1. The zero-order valence-corrected chi connectivity index (χ0v) is 8.84. The van der Waals surface area contributed by atoms with Gasteiger partial charge in [-0.25, -0.2) is 0 Å². The molecule has 0 unspecified atom stereocenters. The van der Waals surface area contributed by atoms with Crippen LogP contribution in [0.5, 0.6) is 0 Å². The summed E-state index contributed by atoms with van der Waals surface area (Å²) in [5.74, 6) is -0.153. The highest BCUT2D eigenvalue weighted by Crippen LogP contribution is 2.06. The van der Waals surface area contributed by atoms with E-state index >= 15 is 0 Å². The van der Waals surface area contributed by atoms with Gasteiger partial charge in [-0.15, -0.1) is 0 Å². The summed E-state index contributed by atoms with van der Waals surface area (Å²) in [5, 5.41) is 8.62. The van der Waals surface area contributed by atoms with Gasteiger partial charge in [0.25, 0.3) is 5.91 Å². The minimum Gasteiger partial charge on any atom is -0.323 e. The molecule has 0 atom stereocenters. The van der Waals surface area contributed by atoms with E-state index in [-0.39, 0.29) is 18.5 Å². The molecule has 0 aromatic carbocycles. The second-order valence-electron chi connectivity index (χ2n) is 3.43. The average Bonchev–Trinajstić information content (AvgIpc) is 2.26. The third-order valence-electron chi connectivity index (χ3n) is 2.03. The summed E-state index contributed by atoms with van der Waals surface area (Å²) >= 11 is 0. The van der Waals surface area contributed by atoms with Gasteiger partial charge in [-0.3, -0.25) is 9.78 Å². The van der Waals surface area contributed by atoms with Gasteiger partial charge in [-0.2, -0.15) is 5.26 Å². The predicted molar refractivity (Wildman–Crippen MR) is 56.0 cm³/mol. The smallest absolute Gasteiger partial charge is 0.256 e. The molecule has 0 N–H and O–H groups in total. The summed E-state index contributed by atoms with van der Waals surface area (Å²) in [5.41, 5.74) is 0.515. The standard InChI is InChI=1S/C11H13N3O/c1-9(2)14(7-5-12)11(15)10-4-3-6-13-8-10/h3-4,6,8-9H,7H2,1-2H3. The van der Waals surface area contributed by atoms with E-state index in [1.807, 2.05) is 19.9 Å². The highest BCUT2D eigenvalue weighted by molar-refractivity contribution is 5.94. The van der Waals surface area contributed by atoms with Crippen molar-refractivity contribution in [1.29, 1.82) is 5.26 Å². The molecular formula is C11H13N3O. The highest BCUT2D eigenvalue weighted by atomic mass is 16.2. The molecule has 15 heavy (non-hydrogen) atoms. The summed E-state index contributed by atoms with van der Waals surface area (Å²) < 4.78 is 0. The van der Waals surface area contributed by atoms with Crippen LogP contribution in [0.2, 0.25) is 0 Å². The van der Waals surface area contributed by atoms with E-state index in [9.17, 15) is 4.79 Å². The van der Waals surface area contributed by atoms with E-state index in [1.54, 1.807) is 18.3 Å². The summed E-state index contributed by atoms with van der Waals surface area (Å²) in [6.45, 7) is 3.86. The minimum absolute atomic E-state index is 0.0114. The summed E-state index contributed by atoms with van der Waals surface area (Å²) in [6, 6.07) is 5.40. The van der Waals surface area contributed by atoms with Crippen LogP contribution in [0.25, 0.3) is 0 Å². The van der Waals surface area contributed by atoms with E-state index in [4.69, 9.17) is 5.26 Å². The van der Waals surface area contributed by atoms with Gasteiger partial charge in [0.05, 0.1) is 11.6 Å². The van der Waals surface area contributed by atoms with E-state index < -0.39 is 0 Å². The second kappa shape index (κ2) is 5.11. The lowest BCUT2D eigenvalue weighted by molar-refractivity contribution is 0.0731. The third-order valence-corrected chi connectivity index (χ3v) is 2.03. The number of hydrogen-bond acceptors (Lipinski definition) is 3. The first-order valence-electron chi connectivity index (χ1n) is 4.74. The Balaban J connectivity index is 2.87. The Kier molecular flexibility index (Phi) is 3.81. The molecule has 1 amide bonds. The van der Waals surface area contributed by atoms with E-state index in [0.29, 0.717) is 5.56 Å². The number of nitriles is 1. The molecule has 0 aliphatic carbocycles. The first-order valence-corrected chi connectivity index (χ1v) is 4.74. The fraction of sp³-hybridized carbons (Fsp3) is 0.364. The zero-order valence-electron chi connectivity index (χ0n) is 8.84. The number of carbonyl (C=O) groups excluding carboxylic acids is 1. The first kappa shape index (κ1) is 11.2. The van der Waals surface area contributed by atoms with Crippen LogP contribution in [0, 0.1) is 11.3 Å². The maximum Gasteiger partial charge on any atom is 0.256 e. The summed E-state index contributed by atoms with van der Waals surface area (Å²) in [7, 11) is 0. The van der Waals surface area contributed by atoms with Crippen LogP contribution in [-0.4, -0.2) is 28.4 Å². The molecule has 78 valence electrons. The van der Waals surface area contributed by atoms with Crippen molar-refractivity contribution in [1.82, 2.24) is 9.88 Å². The van der Waals surface area contributed by atoms with Crippen molar-refractivity contribution < 1.29 is 4.79 Å². The van der Waals surface area contributed by atoms with Crippen molar-refractivity contribution >= 4 is 5.91 Å². The first-order chi connectivity index (χ1) is 7.16. The molecule has 4 heteroatoms. The van der Waals surface area contributed by atoms with Crippen LogP contribution in [0.1, 0.15) is 24.2 Å². The average molecular weight is 203 g/mol. The summed E-state index contributed by atoms with van der Waals surface area (Å²) in [6.07, 6.45) is 3.12. The van der Waals surface area contributed by atoms with E-state index in [1.165, 1.54) is 11.1 Å². The Morgan fingerprint density at radius 1 is 1.67 bits per heavy atom. The topological polar surface area (TPSA) is 57.0 Å².